The van der Waals surface area contributed by atoms with Crippen molar-refractivity contribution in [1.82, 2.24) is 10.3 Å². The van der Waals surface area contributed by atoms with Gasteiger partial charge in [-0.15, -0.1) is 0 Å². The van der Waals surface area contributed by atoms with Crippen LogP contribution in [0, 0.1) is 5.92 Å². The van der Waals surface area contributed by atoms with Crippen molar-refractivity contribution >= 4 is 0 Å². The molecule has 0 saturated carbocycles. The Morgan fingerprint density at radius 1 is 1.26 bits per heavy atom. The molecule has 0 fully saturated rings. The van der Waals surface area contributed by atoms with E-state index in [1.54, 1.807) is 0 Å². The van der Waals surface area contributed by atoms with Gasteiger partial charge in [-0.25, -0.2) is 4.98 Å². The molecule has 0 radical (unpaired) electrons. The van der Waals surface area contributed by atoms with E-state index in [4.69, 9.17) is 4.74 Å². The van der Waals surface area contributed by atoms with Crippen LogP contribution in [0.3, 0.4) is 0 Å². The third-order valence-electron chi connectivity index (χ3n) is 2.75. The van der Waals surface area contributed by atoms with Crippen LogP contribution in [-0.4, -0.2) is 16.6 Å². The van der Waals surface area contributed by atoms with Crippen molar-refractivity contribution in [3.05, 3.63) is 23.9 Å². The Bertz CT molecular complexity index is 383. The highest BCUT2D eigenvalue weighted by atomic mass is 16.5. The minimum absolute atomic E-state index is 0.120. The summed E-state index contributed by atoms with van der Waals surface area (Å²) >= 11 is 0. The van der Waals surface area contributed by atoms with Gasteiger partial charge in [-0.2, -0.15) is 0 Å². The second kappa shape index (κ2) is 6.90. The van der Waals surface area contributed by atoms with E-state index in [1.165, 1.54) is 5.56 Å². The van der Waals surface area contributed by atoms with Gasteiger partial charge in [-0.1, -0.05) is 13.8 Å². The monoisotopic (exact) mass is 264 g/mol. The molecular formula is C16H28N2O. The molecule has 0 bridgehead atoms. The summed E-state index contributed by atoms with van der Waals surface area (Å²) in [6.45, 7) is 13.8. The highest BCUT2D eigenvalue weighted by Crippen LogP contribution is 2.15. The minimum atomic E-state index is 0.120. The van der Waals surface area contributed by atoms with Crippen molar-refractivity contribution in [2.75, 3.05) is 0 Å². The van der Waals surface area contributed by atoms with Gasteiger partial charge in [0.1, 0.15) is 0 Å². The number of nitrogens with zero attached hydrogens (tertiary/aromatic N) is 1. The first kappa shape index (κ1) is 16.0. The fraction of sp³-hybridized carbons (Fsp3) is 0.688. The van der Waals surface area contributed by atoms with Crippen molar-refractivity contribution in [3.8, 4) is 5.88 Å². The summed E-state index contributed by atoms with van der Waals surface area (Å²) in [5.41, 5.74) is 1.33. The maximum atomic E-state index is 5.86. The van der Waals surface area contributed by atoms with E-state index >= 15 is 0 Å². The molecule has 3 nitrogen and oxygen atoms in total. The summed E-state index contributed by atoms with van der Waals surface area (Å²) in [7, 11) is 0. The maximum absolute atomic E-state index is 5.86. The van der Waals surface area contributed by atoms with E-state index in [2.05, 4.69) is 51.8 Å². The van der Waals surface area contributed by atoms with Crippen LogP contribution in [0.2, 0.25) is 0 Å². The second-order valence-electron chi connectivity index (χ2n) is 6.66. The van der Waals surface area contributed by atoms with Gasteiger partial charge in [0.05, 0.1) is 6.10 Å². The number of ether oxygens (including phenoxy) is 1. The quantitative estimate of drug-likeness (QED) is 0.849. The fourth-order valence-electron chi connectivity index (χ4n) is 1.91. The van der Waals surface area contributed by atoms with Crippen molar-refractivity contribution in [2.45, 2.75) is 66.2 Å². The van der Waals surface area contributed by atoms with Crippen LogP contribution in [0.4, 0.5) is 0 Å². The molecule has 0 aliphatic rings. The molecule has 0 aromatic carbocycles. The van der Waals surface area contributed by atoms with Crippen LogP contribution in [0.15, 0.2) is 18.3 Å². The van der Waals surface area contributed by atoms with Crippen LogP contribution in [0.25, 0.3) is 0 Å². The largest absolute Gasteiger partial charge is 0.475 e. The maximum Gasteiger partial charge on any atom is 0.213 e. The number of aromatic nitrogens is 1. The molecule has 0 aliphatic heterocycles. The number of hydrogen-bond acceptors (Lipinski definition) is 3. The number of hydrogen-bond donors (Lipinski definition) is 1. The summed E-state index contributed by atoms with van der Waals surface area (Å²) in [5, 5.41) is 3.47. The number of rotatable bonds is 6. The Balaban J connectivity index is 2.57. The predicted octanol–water partition coefficient (Wildman–Crippen LogP) is 3.78. The molecule has 1 unspecified atom stereocenters. The van der Waals surface area contributed by atoms with Crippen LogP contribution < -0.4 is 10.1 Å². The average Bonchev–Trinajstić information content (AvgIpc) is 2.24. The smallest absolute Gasteiger partial charge is 0.213 e. The van der Waals surface area contributed by atoms with E-state index in [-0.39, 0.29) is 11.6 Å². The molecule has 108 valence electrons. The summed E-state index contributed by atoms with van der Waals surface area (Å²) in [6, 6.07) is 4.05. The van der Waals surface area contributed by atoms with Crippen LogP contribution >= 0.6 is 0 Å². The fourth-order valence-corrected chi connectivity index (χ4v) is 1.91. The van der Waals surface area contributed by atoms with Gasteiger partial charge in [0.25, 0.3) is 0 Å². The van der Waals surface area contributed by atoms with E-state index in [0.717, 1.165) is 18.8 Å². The van der Waals surface area contributed by atoms with Crippen LogP contribution in [0.5, 0.6) is 5.88 Å². The lowest BCUT2D eigenvalue weighted by Crippen LogP contribution is -2.35. The number of pyridine rings is 1. The normalized spacial score (nSPS) is 13.6. The summed E-state index contributed by atoms with van der Waals surface area (Å²) < 4.78 is 5.86. The molecule has 1 N–H and O–H groups in total. The third kappa shape index (κ3) is 7.16. The average molecular weight is 264 g/mol. The molecule has 1 rings (SSSR count). The third-order valence-corrected chi connectivity index (χ3v) is 2.75. The van der Waals surface area contributed by atoms with E-state index < -0.39 is 0 Å². The Hall–Kier alpha value is -1.09. The van der Waals surface area contributed by atoms with Crippen LogP contribution in [-0.2, 0) is 6.54 Å². The van der Waals surface area contributed by atoms with Crippen molar-refractivity contribution in [2.24, 2.45) is 5.92 Å². The summed E-state index contributed by atoms with van der Waals surface area (Å²) in [6.07, 6.45) is 3.07. The van der Waals surface area contributed by atoms with Crippen LogP contribution in [0.1, 0.15) is 53.5 Å². The lowest BCUT2D eigenvalue weighted by atomic mass is 10.1. The molecule has 0 amide bonds. The van der Waals surface area contributed by atoms with Crippen molar-refractivity contribution in [1.29, 1.82) is 0 Å². The molecule has 0 aliphatic carbocycles. The first-order valence-corrected chi connectivity index (χ1v) is 7.13. The SMILES string of the molecule is CC(C)CC(C)Oc1cc(CNC(C)(C)C)ccn1. The molecule has 1 atom stereocenters. The van der Waals surface area contributed by atoms with Crippen molar-refractivity contribution in [3.63, 3.8) is 0 Å². The van der Waals surface area contributed by atoms with Gasteiger partial charge < -0.3 is 10.1 Å². The van der Waals surface area contributed by atoms with E-state index in [0.29, 0.717) is 5.92 Å². The Labute approximate surface area is 117 Å². The van der Waals surface area contributed by atoms with Gasteiger partial charge in [0.15, 0.2) is 0 Å². The summed E-state index contributed by atoms with van der Waals surface area (Å²) in [5.74, 6) is 1.36. The number of nitrogens with one attached hydrogen (secondary N) is 1. The van der Waals surface area contributed by atoms with E-state index in [9.17, 15) is 0 Å². The molecule has 1 aromatic heterocycles. The zero-order valence-electron chi connectivity index (χ0n) is 13.2. The highest BCUT2D eigenvalue weighted by molar-refractivity contribution is 5.20. The van der Waals surface area contributed by atoms with Gasteiger partial charge >= 0.3 is 0 Å². The summed E-state index contributed by atoms with van der Waals surface area (Å²) in [4.78, 5) is 4.28. The lowest BCUT2D eigenvalue weighted by Gasteiger charge is -2.21. The Kier molecular flexibility index (Phi) is 5.80. The first-order chi connectivity index (χ1) is 8.76. The van der Waals surface area contributed by atoms with Gasteiger partial charge in [0.2, 0.25) is 5.88 Å². The lowest BCUT2D eigenvalue weighted by molar-refractivity contribution is 0.185. The highest BCUT2D eigenvalue weighted by Gasteiger charge is 2.10. The van der Waals surface area contributed by atoms with Gasteiger partial charge in [-0.05, 0) is 51.7 Å². The second-order valence-corrected chi connectivity index (χ2v) is 6.66. The zero-order valence-corrected chi connectivity index (χ0v) is 13.2. The van der Waals surface area contributed by atoms with Gasteiger partial charge in [-0.3, -0.25) is 0 Å². The zero-order chi connectivity index (χ0) is 14.5. The van der Waals surface area contributed by atoms with Gasteiger partial charge in [0, 0.05) is 24.3 Å². The predicted molar refractivity (Wildman–Crippen MR) is 80.4 cm³/mol. The first-order valence-electron chi connectivity index (χ1n) is 7.13. The van der Waals surface area contributed by atoms with Crippen molar-refractivity contribution < 1.29 is 4.74 Å². The standard InChI is InChI=1S/C16H28N2O/c1-12(2)9-13(3)19-15-10-14(7-8-17-15)11-18-16(4,5)6/h7-8,10,12-13,18H,9,11H2,1-6H3. The Morgan fingerprint density at radius 3 is 2.53 bits per heavy atom. The molecule has 19 heavy (non-hydrogen) atoms. The Morgan fingerprint density at radius 2 is 1.95 bits per heavy atom. The minimum Gasteiger partial charge on any atom is -0.475 e. The topological polar surface area (TPSA) is 34.1 Å². The molecule has 1 aromatic rings. The molecule has 0 saturated heterocycles. The molecule has 3 heteroatoms. The molecule has 1 heterocycles. The molecule has 0 spiro atoms. The molecular weight excluding hydrogens is 236 g/mol. The van der Waals surface area contributed by atoms with E-state index in [1.807, 2.05) is 18.3 Å².